The molecule has 18 heavy (non-hydrogen) atoms. The Morgan fingerprint density at radius 3 is 3.00 bits per heavy atom. The summed E-state index contributed by atoms with van der Waals surface area (Å²) in [4.78, 5) is 11.9. The number of aliphatic hydroxyl groups excluding tert-OH is 1. The summed E-state index contributed by atoms with van der Waals surface area (Å²) >= 11 is 0. The zero-order valence-electron chi connectivity index (χ0n) is 10.6. The predicted molar refractivity (Wildman–Crippen MR) is 67.0 cm³/mol. The third-order valence-electron chi connectivity index (χ3n) is 3.19. The van der Waals surface area contributed by atoms with E-state index in [2.05, 4.69) is 5.32 Å². The average molecular weight is 252 g/mol. The van der Waals surface area contributed by atoms with Crippen molar-refractivity contribution < 1.29 is 14.6 Å². The van der Waals surface area contributed by atoms with Crippen molar-refractivity contribution in [1.82, 2.24) is 9.88 Å². The Balaban J connectivity index is 1.88. The van der Waals surface area contributed by atoms with E-state index in [1.54, 1.807) is 11.5 Å². The first-order valence-corrected chi connectivity index (χ1v) is 6.37. The van der Waals surface area contributed by atoms with Crippen LogP contribution in [0.15, 0.2) is 18.3 Å². The van der Waals surface area contributed by atoms with Crippen LogP contribution in [-0.4, -0.2) is 34.8 Å². The third kappa shape index (κ3) is 3.34. The van der Waals surface area contributed by atoms with Crippen LogP contribution in [0.3, 0.4) is 0 Å². The number of aliphatic hydroxyl groups is 1. The van der Waals surface area contributed by atoms with Crippen molar-refractivity contribution in [3.05, 3.63) is 24.0 Å². The van der Waals surface area contributed by atoms with Crippen LogP contribution in [-0.2, 0) is 16.1 Å². The molecule has 1 fully saturated rings. The lowest BCUT2D eigenvalue weighted by atomic mass is 10.1. The van der Waals surface area contributed by atoms with Crippen LogP contribution in [0, 0.1) is 0 Å². The van der Waals surface area contributed by atoms with E-state index in [1.165, 1.54) is 0 Å². The molecule has 1 amide bonds. The molecule has 1 aromatic rings. The summed E-state index contributed by atoms with van der Waals surface area (Å²) in [6, 6.07) is 3.88. The first kappa shape index (κ1) is 13.1. The van der Waals surface area contributed by atoms with Gasteiger partial charge in [0.15, 0.2) is 0 Å². The molecule has 5 nitrogen and oxygen atoms in total. The largest absolute Gasteiger partial charge is 0.387 e. The van der Waals surface area contributed by atoms with Crippen LogP contribution >= 0.6 is 0 Å². The molecule has 1 aromatic heterocycles. The van der Waals surface area contributed by atoms with Gasteiger partial charge in [-0.3, -0.25) is 4.79 Å². The molecular weight excluding hydrogens is 232 g/mol. The minimum absolute atomic E-state index is 0.0139. The fraction of sp³-hybridized carbons (Fsp3) is 0.615. The molecule has 1 unspecified atom stereocenters. The lowest BCUT2D eigenvalue weighted by Crippen LogP contribution is -2.40. The summed E-state index contributed by atoms with van der Waals surface area (Å²) < 4.78 is 7.03. The molecule has 1 atom stereocenters. The first-order chi connectivity index (χ1) is 8.66. The fourth-order valence-corrected chi connectivity index (χ4v) is 2.22. The maximum atomic E-state index is 11.9. The number of rotatable bonds is 4. The molecule has 1 saturated heterocycles. The number of nitrogens with zero attached hydrogens (tertiary/aromatic N) is 1. The fourth-order valence-electron chi connectivity index (χ4n) is 2.22. The number of carbonyl (C=O) groups excluding carboxylic acids is 1. The van der Waals surface area contributed by atoms with Gasteiger partial charge in [-0.05, 0) is 31.9 Å². The lowest BCUT2D eigenvalue weighted by Gasteiger charge is -2.23. The highest BCUT2D eigenvalue weighted by Gasteiger charge is 2.17. The van der Waals surface area contributed by atoms with Crippen LogP contribution in [0.4, 0.5) is 0 Å². The molecule has 0 saturated carbocycles. The minimum Gasteiger partial charge on any atom is -0.387 e. The highest BCUT2D eigenvalue weighted by atomic mass is 16.5. The lowest BCUT2D eigenvalue weighted by molar-refractivity contribution is -0.123. The summed E-state index contributed by atoms with van der Waals surface area (Å²) in [6.07, 6.45) is 3.00. The van der Waals surface area contributed by atoms with E-state index in [9.17, 15) is 9.90 Å². The normalized spacial score (nSPS) is 18.6. The van der Waals surface area contributed by atoms with Crippen LogP contribution < -0.4 is 5.32 Å². The van der Waals surface area contributed by atoms with E-state index in [-0.39, 0.29) is 18.5 Å². The highest BCUT2D eigenvalue weighted by Crippen LogP contribution is 2.13. The zero-order chi connectivity index (χ0) is 13.0. The van der Waals surface area contributed by atoms with Crippen molar-refractivity contribution in [2.75, 3.05) is 13.2 Å². The molecule has 2 heterocycles. The van der Waals surface area contributed by atoms with E-state index < -0.39 is 6.10 Å². The second-order valence-corrected chi connectivity index (χ2v) is 4.69. The van der Waals surface area contributed by atoms with Gasteiger partial charge in [0.25, 0.3) is 0 Å². The van der Waals surface area contributed by atoms with E-state index in [0.717, 1.165) is 18.5 Å². The van der Waals surface area contributed by atoms with Gasteiger partial charge in [-0.1, -0.05) is 0 Å². The van der Waals surface area contributed by atoms with Gasteiger partial charge >= 0.3 is 0 Å². The van der Waals surface area contributed by atoms with E-state index in [4.69, 9.17) is 4.74 Å². The van der Waals surface area contributed by atoms with Crippen molar-refractivity contribution >= 4 is 5.91 Å². The Morgan fingerprint density at radius 2 is 2.33 bits per heavy atom. The summed E-state index contributed by atoms with van der Waals surface area (Å²) in [5.41, 5.74) is 0.761. The van der Waals surface area contributed by atoms with Gasteiger partial charge < -0.3 is 19.7 Å². The second kappa shape index (κ2) is 6.02. The summed E-state index contributed by atoms with van der Waals surface area (Å²) in [5.74, 6) is -0.0139. The molecule has 0 bridgehead atoms. The number of nitrogens with one attached hydrogen (secondary N) is 1. The van der Waals surface area contributed by atoms with Crippen LogP contribution in [0.1, 0.15) is 31.6 Å². The van der Waals surface area contributed by atoms with Gasteiger partial charge in [-0.15, -0.1) is 0 Å². The summed E-state index contributed by atoms with van der Waals surface area (Å²) in [6.45, 7) is 3.38. The number of aromatic nitrogens is 1. The SMILES string of the molecule is CC(O)c1cccn1CC(=O)NC1CCOCC1. The average Bonchev–Trinajstić information content (AvgIpc) is 2.78. The Kier molecular flexibility index (Phi) is 4.38. The minimum atomic E-state index is -0.559. The molecule has 100 valence electrons. The maximum Gasteiger partial charge on any atom is 0.240 e. The summed E-state index contributed by atoms with van der Waals surface area (Å²) in [7, 11) is 0. The van der Waals surface area contributed by atoms with Crippen LogP contribution in [0.2, 0.25) is 0 Å². The second-order valence-electron chi connectivity index (χ2n) is 4.69. The molecule has 5 heteroatoms. The van der Waals surface area contributed by atoms with Crippen LogP contribution in [0.5, 0.6) is 0 Å². The van der Waals surface area contributed by atoms with E-state index >= 15 is 0 Å². The van der Waals surface area contributed by atoms with Crippen molar-refractivity contribution in [2.24, 2.45) is 0 Å². The monoisotopic (exact) mass is 252 g/mol. The maximum absolute atomic E-state index is 11.9. The molecule has 1 aliphatic rings. The number of amides is 1. The Hall–Kier alpha value is -1.33. The van der Waals surface area contributed by atoms with Crippen molar-refractivity contribution in [2.45, 2.75) is 38.5 Å². The third-order valence-corrected chi connectivity index (χ3v) is 3.19. The van der Waals surface area contributed by atoms with E-state index in [1.807, 2.05) is 18.3 Å². The van der Waals surface area contributed by atoms with Crippen molar-refractivity contribution in [1.29, 1.82) is 0 Å². The van der Waals surface area contributed by atoms with Gasteiger partial charge in [0.2, 0.25) is 5.91 Å². The number of hydrogen-bond acceptors (Lipinski definition) is 3. The molecule has 0 aromatic carbocycles. The topological polar surface area (TPSA) is 63.5 Å². The standard InChI is InChI=1S/C13H20N2O3/c1-10(16)12-3-2-6-15(12)9-13(17)14-11-4-7-18-8-5-11/h2-3,6,10-11,16H,4-5,7-9H2,1H3,(H,14,17). The highest BCUT2D eigenvalue weighted by molar-refractivity contribution is 5.76. The smallest absolute Gasteiger partial charge is 0.240 e. The number of carbonyl (C=O) groups is 1. The van der Waals surface area contributed by atoms with Gasteiger partial charge in [0.1, 0.15) is 6.54 Å². The van der Waals surface area contributed by atoms with Gasteiger partial charge in [-0.25, -0.2) is 0 Å². The Labute approximate surface area is 107 Å². The number of ether oxygens (including phenoxy) is 1. The molecule has 2 rings (SSSR count). The van der Waals surface area contributed by atoms with Gasteiger partial charge in [-0.2, -0.15) is 0 Å². The van der Waals surface area contributed by atoms with Crippen molar-refractivity contribution in [3.63, 3.8) is 0 Å². The van der Waals surface area contributed by atoms with Gasteiger partial charge in [0, 0.05) is 31.1 Å². The zero-order valence-corrected chi connectivity index (χ0v) is 10.6. The molecule has 0 radical (unpaired) electrons. The van der Waals surface area contributed by atoms with E-state index in [0.29, 0.717) is 13.2 Å². The molecule has 0 aliphatic carbocycles. The first-order valence-electron chi connectivity index (χ1n) is 6.37. The Morgan fingerprint density at radius 1 is 1.61 bits per heavy atom. The van der Waals surface area contributed by atoms with Crippen molar-refractivity contribution in [3.8, 4) is 0 Å². The molecule has 2 N–H and O–H groups in total. The summed E-state index contributed by atoms with van der Waals surface area (Å²) in [5, 5.41) is 12.6. The predicted octanol–water partition coefficient (Wildman–Crippen LogP) is 0.837. The molecular formula is C13H20N2O3. The van der Waals surface area contributed by atoms with Gasteiger partial charge in [0.05, 0.1) is 6.10 Å². The Bertz CT molecular complexity index is 395. The molecule has 1 aliphatic heterocycles. The van der Waals surface area contributed by atoms with Crippen LogP contribution in [0.25, 0.3) is 0 Å². The molecule has 0 spiro atoms. The quantitative estimate of drug-likeness (QED) is 0.834. The number of hydrogen-bond donors (Lipinski definition) is 2.